The number of aromatic nitrogens is 2. The summed E-state index contributed by atoms with van der Waals surface area (Å²) in [6.45, 7) is 3.59. The molecule has 0 saturated heterocycles. The summed E-state index contributed by atoms with van der Waals surface area (Å²) >= 11 is 0. The van der Waals surface area contributed by atoms with Crippen LogP contribution in [0.15, 0.2) is 36.5 Å². The van der Waals surface area contributed by atoms with Gasteiger partial charge in [-0.1, -0.05) is 6.07 Å². The van der Waals surface area contributed by atoms with Crippen LogP contribution < -0.4 is 5.32 Å². The zero-order chi connectivity index (χ0) is 15.9. The van der Waals surface area contributed by atoms with Crippen LogP contribution in [-0.2, 0) is 0 Å². The molecule has 22 heavy (non-hydrogen) atoms. The number of benzene rings is 1. The second-order valence-electron chi connectivity index (χ2n) is 5.06. The van der Waals surface area contributed by atoms with Crippen LogP contribution in [0.25, 0.3) is 5.65 Å². The Bertz CT molecular complexity index is 886. The molecule has 6 heteroatoms. The molecule has 0 aliphatic carbocycles. The van der Waals surface area contributed by atoms with Crippen LogP contribution in [0.1, 0.15) is 21.7 Å². The number of anilines is 1. The Morgan fingerprint density at radius 2 is 1.95 bits per heavy atom. The number of hydrogen-bond acceptors (Lipinski definition) is 2. The average Bonchev–Trinajstić information content (AvgIpc) is 2.78. The number of pyridine rings is 1. The Morgan fingerprint density at radius 1 is 1.18 bits per heavy atom. The number of halogens is 2. The van der Waals surface area contributed by atoms with E-state index in [1.807, 2.05) is 13.0 Å². The van der Waals surface area contributed by atoms with Gasteiger partial charge in [-0.25, -0.2) is 13.8 Å². The summed E-state index contributed by atoms with van der Waals surface area (Å²) in [5.41, 5.74) is 2.18. The van der Waals surface area contributed by atoms with E-state index in [1.165, 1.54) is 0 Å². The Kier molecular flexibility index (Phi) is 3.36. The number of fused-ring (bicyclic) bond motifs is 1. The zero-order valence-electron chi connectivity index (χ0n) is 12.0. The van der Waals surface area contributed by atoms with Crippen molar-refractivity contribution < 1.29 is 13.6 Å². The van der Waals surface area contributed by atoms with Crippen molar-refractivity contribution in [1.29, 1.82) is 0 Å². The van der Waals surface area contributed by atoms with Crippen molar-refractivity contribution >= 4 is 17.2 Å². The maximum Gasteiger partial charge on any atom is 0.274 e. The number of nitrogens with one attached hydrogen (secondary N) is 1. The van der Waals surface area contributed by atoms with Gasteiger partial charge in [0.1, 0.15) is 23.0 Å². The minimum Gasteiger partial charge on any atom is -0.318 e. The van der Waals surface area contributed by atoms with Crippen LogP contribution in [0, 0.1) is 25.5 Å². The van der Waals surface area contributed by atoms with E-state index in [-0.39, 0.29) is 5.69 Å². The molecular weight excluding hydrogens is 288 g/mol. The van der Waals surface area contributed by atoms with Crippen LogP contribution >= 0.6 is 0 Å². The lowest BCUT2D eigenvalue weighted by molar-refractivity contribution is 0.102. The number of nitrogens with zero attached hydrogens (tertiary/aromatic N) is 2. The SMILES string of the molecule is Cc1ccc2nc(C)c(C(=O)Nc3cc(F)ccc3F)n2c1. The highest BCUT2D eigenvalue weighted by Crippen LogP contribution is 2.19. The van der Waals surface area contributed by atoms with Crippen molar-refractivity contribution in [2.24, 2.45) is 0 Å². The van der Waals surface area contributed by atoms with Crippen molar-refractivity contribution in [2.75, 3.05) is 5.32 Å². The van der Waals surface area contributed by atoms with Crippen molar-refractivity contribution in [3.8, 4) is 0 Å². The molecule has 0 spiro atoms. The molecule has 1 amide bonds. The van der Waals surface area contributed by atoms with Crippen molar-refractivity contribution in [3.05, 3.63) is 65.1 Å². The lowest BCUT2D eigenvalue weighted by atomic mass is 10.2. The van der Waals surface area contributed by atoms with E-state index in [2.05, 4.69) is 10.3 Å². The molecule has 112 valence electrons. The molecule has 1 aromatic carbocycles. The number of hydrogen-bond donors (Lipinski definition) is 1. The van der Waals surface area contributed by atoms with Gasteiger partial charge in [0.25, 0.3) is 5.91 Å². The van der Waals surface area contributed by atoms with Gasteiger partial charge in [0, 0.05) is 12.3 Å². The van der Waals surface area contributed by atoms with Crippen LogP contribution in [0.2, 0.25) is 0 Å². The fourth-order valence-electron chi connectivity index (χ4n) is 2.32. The monoisotopic (exact) mass is 301 g/mol. The summed E-state index contributed by atoms with van der Waals surface area (Å²) in [7, 11) is 0. The first-order valence-corrected chi connectivity index (χ1v) is 6.67. The predicted molar refractivity (Wildman–Crippen MR) is 79.0 cm³/mol. The van der Waals surface area contributed by atoms with Crippen LogP contribution in [0.3, 0.4) is 0 Å². The third-order valence-corrected chi connectivity index (χ3v) is 3.33. The standard InChI is InChI=1S/C16H13F2N3O/c1-9-3-6-14-19-10(2)15(21(14)8-9)16(22)20-13-7-11(17)4-5-12(13)18/h3-8H,1-2H3,(H,20,22). The van der Waals surface area contributed by atoms with Crippen molar-refractivity contribution in [1.82, 2.24) is 9.38 Å². The Morgan fingerprint density at radius 3 is 2.73 bits per heavy atom. The normalized spacial score (nSPS) is 10.9. The first kappa shape index (κ1) is 14.2. The molecule has 3 rings (SSSR count). The third-order valence-electron chi connectivity index (χ3n) is 3.33. The molecule has 0 aliphatic rings. The fourth-order valence-corrected chi connectivity index (χ4v) is 2.32. The average molecular weight is 301 g/mol. The molecule has 0 atom stereocenters. The van der Waals surface area contributed by atoms with Crippen LogP contribution in [0.5, 0.6) is 0 Å². The van der Waals surface area contributed by atoms with Gasteiger partial charge in [0.15, 0.2) is 0 Å². The van der Waals surface area contributed by atoms with E-state index in [4.69, 9.17) is 0 Å². The second kappa shape index (κ2) is 5.22. The summed E-state index contributed by atoms with van der Waals surface area (Å²) in [6, 6.07) is 6.58. The smallest absolute Gasteiger partial charge is 0.274 e. The fraction of sp³-hybridized carbons (Fsp3) is 0.125. The molecular formula is C16H13F2N3O. The number of imidazole rings is 1. The topological polar surface area (TPSA) is 46.4 Å². The third kappa shape index (κ3) is 2.43. The Labute approximate surface area is 125 Å². The molecule has 1 N–H and O–H groups in total. The number of carbonyl (C=O) groups is 1. The summed E-state index contributed by atoms with van der Waals surface area (Å²) in [5, 5.41) is 2.39. The maximum absolute atomic E-state index is 13.6. The van der Waals surface area contributed by atoms with E-state index < -0.39 is 17.5 Å². The predicted octanol–water partition coefficient (Wildman–Crippen LogP) is 3.48. The van der Waals surface area contributed by atoms with E-state index in [9.17, 15) is 13.6 Å². The van der Waals surface area contributed by atoms with Crippen LogP contribution in [0.4, 0.5) is 14.5 Å². The summed E-state index contributed by atoms with van der Waals surface area (Å²) in [4.78, 5) is 16.7. The van der Waals surface area contributed by atoms with Gasteiger partial charge < -0.3 is 5.32 Å². The van der Waals surface area contributed by atoms with Gasteiger partial charge in [0.2, 0.25) is 0 Å². The number of aryl methyl sites for hydroxylation is 2. The highest BCUT2D eigenvalue weighted by atomic mass is 19.1. The lowest BCUT2D eigenvalue weighted by Gasteiger charge is -2.07. The van der Waals surface area contributed by atoms with E-state index >= 15 is 0 Å². The van der Waals surface area contributed by atoms with Crippen LogP contribution in [-0.4, -0.2) is 15.3 Å². The molecule has 0 bridgehead atoms. The first-order chi connectivity index (χ1) is 10.5. The van der Waals surface area contributed by atoms with Gasteiger partial charge >= 0.3 is 0 Å². The minimum atomic E-state index is -0.697. The number of amides is 1. The molecule has 2 aromatic heterocycles. The van der Waals surface area contributed by atoms with Gasteiger partial charge in [-0.2, -0.15) is 0 Å². The quantitative estimate of drug-likeness (QED) is 0.787. The van der Waals surface area contributed by atoms with Gasteiger partial charge in [-0.3, -0.25) is 9.20 Å². The van der Waals surface area contributed by atoms with E-state index in [0.717, 1.165) is 23.8 Å². The maximum atomic E-state index is 13.6. The van der Waals surface area contributed by atoms with Crippen molar-refractivity contribution in [2.45, 2.75) is 13.8 Å². The van der Waals surface area contributed by atoms with Crippen molar-refractivity contribution in [3.63, 3.8) is 0 Å². The summed E-state index contributed by atoms with van der Waals surface area (Å²) in [6.07, 6.45) is 1.77. The van der Waals surface area contributed by atoms with E-state index in [1.54, 1.807) is 23.6 Å². The summed E-state index contributed by atoms with van der Waals surface area (Å²) in [5.74, 6) is -1.86. The molecule has 0 fully saturated rings. The molecule has 4 nitrogen and oxygen atoms in total. The lowest BCUT2D eigenvalue weighted by Crippen LogP contribution is -2.16. The zero-order valence-corrected chi connectivity index (χ0v) is 12.0. The minimum absolute atomic E-state index is 0.202. The van der Waals surface area contributed by atoms with Gasteiger partial charge in [-0.05, 0) is 37.6 Å². The highest BCUT2D eigenvalue weighted by molar-refractivity contribution is 6.04. The molecule has 0 radical (unpaired) electrons. The molecule has 0 saturated carbocycles. The Balaban J connectivity index is 2.04. The molecule has 2 heterocycles. The van der Waals surface area contributed by atoms with E-state index in [0.29, 0.717) is 17.0 Å². The first-order valence-electron chi connectivity index (χ1n) is 6.67. The number of carbonyl (C=O) groups excluding carboxylic acids is 1. The van der Waals surface area contributed by atoms with Gasteiger partial charge in [-0.15, -0.1) is 0 Å². The molecule has 3 aromatic rings. The van der Waals surface area contributed by atoms with Gasteiger partial charge in [0.05, 0.1) is 11.4 Å². The summed E-state index contributed by atoms with van der Waals surface area (Å²) < 4.78 is 28.5. The largest absolute Gasteiger partial charge is 0.318 e. The molecule has 0 unspecified atom stereocenters. The molecule has 0 aliphatic heterocycles. The second-order valence-corrected chi connectivity index (χ2v) is 5.06. The number of rotatable bonds is 2. The Hall–Kier alpha value is -2.76. The highest BCUT2D eigenvalue weighted by Gasteiger charge is 2.18.